The SMILES string of the molecule is CNC(=O)c1cc(-c2ccccc2)ccc1CC(=O)O. The monoisotopic (exact) mass is 269 g/mol. The van der Waals surface area contributed by atoms with Gasteiger partial charge in [0.1, 0.15) is 0 Å². The number of carbonyl (C=O) groups excluding carboxylic acids is 1. The van der Waals surface area contributed by atoms with E-state index in [1.165, 1.54) is 7.05 Å². The maximum atomic E-state index is 11.9. The molecule has 2 N–H and O–H groups in total. The Hall–Kier alpha value is -2.62. The van der Waals surface area contributed by atoms with Crippen LogP contribution in [0.1, 0.15) is 15.9 Å². The van der Waals surface area contributed by atoms with Crippen LogP contribution in [-0.4, -0.2) is 24.0 Å². The van der Waals surface area contributed by atoms with E-state index in [2.05, 4.69) is 5.32 Å². The summed E-state index contributed by atoms with van der Waals surface area (Å²) in [5.41, 5.74) is 2.78. The van der Waals surface area contributed by atoms with Gasteiger partial charge in [-0.25, -0.2) is 0 Å². The van der Waals surface area contributed by atoms with Crippen molar-refractivity contribution in [3.63, 3.8) is 0 Å². The molecule has 0 atom stereocenters. The van der Waals surface area contributed by atoms with Crippen molar-refractivity contribution in [1.29, 1.82) is 0 Å². The topological polar surface area (TPSA) is 66.4 Å². The average Bonchev–Trinajstić information content (AvgIpc) is 2.47. The summed E-state index contributed by atoms with van der Waals surface area (Å²) in [5, 5.41) is 11.4. The molecule has 102 valence electrons. The molecule has 0 aliphatic rings. The summed E-state index contributed by atoms with van der Waals surface area (Å²) >= 11 is 0. The predicted octanol–water partition coefficient (Wildman–Crippen LogP) is 2.34. The summed E-state index contributed by atoms with van der Waals surface area (Å²) < 4.78 is 0. The highest BCUT2D eigenvalue weighted by molar-refractivity contribution is 5.97. The molecule has 0 unspecified atom stereocenters. The fourth-order valence-electron chi connectivity index (χ4n) is 2.05. The highest BCUT2D eigenvalue weighted by Crippen LogP contribution is 2.23. The predicted molar refractivity (Wildman–Crippen MR) is 76.6 cm³/mol. The molecule has 0 aliphatic carbocycles. The Morgan fingerprint density at radius 3 is 2.35 bits per heavy atom. The Bertz CT molecular complexity index is 635. The van der Waals surface area contributed by atoms with Gasteiger partial charge in [0.2, 0.25) is 0 Å². The zero-order chi connectivity index (χ0) is 14.5. The molecule has 0 saturated carbocycles. The number of rotatable bonds is 4. The highest BCUT2D eigenvalue weighted by Gasteiger charge is 2.14. The number of aliphatic carboxylic acids is 1. The van der Waals surface area contributed by atoms with Crippen LogP contribution in [0.5, 0.6) is 0 Å². The summed E-state index contributed by atoms with van der Waals surface area (Å²) in [6, 6.07) is 14.9. The van der Waals surface area contributed by atoms with Crippen molar-refractivity contribution >= 4 is 11.9 Å². The van der Waals surface area contributed by atoms with E-state index < -0.39 is 5.97 Å². The summed E-state index contributed by atoms with van der Waals surface area (Å²) in [6.07, 6.45) is -0.169. The van der Waals surface area contributed by atoms with Crippen molar-refractivity contribution < 1.29 is 14.7 Å². The van der Waals surface area contributed by atoms with E-state index in [1.54, 1.807) is 12.1 Å². The molecule has 4 heteroatoms. The molecule has 0 aliphatic heterocycles. The Labute approximate surface area is 117 Å². The molecule has 0 spiro atoms. The van der Waals surface area contributed by atoms with Crippen molar-refractivity contribution in [1.82, 2.24) is 5.32 Å². The Morgan fingerprint density at radius 1 is 1.05 bits per heavy atom. The van der Waals surface area contributed by atoms with Crippen LogP contribution in [0, 0.1) is 0 Å². The first-order valence-electron chi connectivity index (χ1n) is 6.24. The van der Waals surface area contributed by atoms with Crippen LogP contribution in [0.3, 0.4) is 0 Å². The van der Waals surface area contributed by atoms with Crippen molar-refractivity contribution in [3.05, 3.63) is 59.7 Å². The zero-order valence-corrected chi connectivity index (χ0v) is 11.1. The van der Waals surface area contributed by atoms with Crippen LogP contribution < -0.4 is 5.32 Å². The average molecular weight is 269 g/mol. The van der Waals surface area contributed by atoms with E-state index in [1.807, 2.05) is 36.4 Å². The molecule has 0 saturated heterocycles. The standard InChI is InChI=1S/C16H15NO3/c1-17-16(20)14-9-12(11-5-3-2-4-6-11)7-8-13(14)10-15(18)19/h2-9H,10H2,1H3,(H,17,20)(H,18,19). The maximum absolute atomic E-state index is 11.9. The van der Waals surface area contributed by atoms with E-state index in [4.69, 9.17) is 5.11 Å². The Kier molecular flexibility index (Phi) is 4.15. The number of hydrogen-bond acceptors (Lipinski definition) is 2. The molecule has 0 fully saturated rings. The molecule has 1 amide bonds. The second kappa shape index (κ2) is 6.02. The minimum atomic E-state index is -0.956. The molecule has 4 nitrogen and oxygen atoms in total. The minimum Gasteiger partial charge on any atom is -0.481 e. The largest absolute Gasteiger partial charge is 0.481 e. The first-order chi connectivity index (χ1) is 9.61. The van der Waals surface area contributed by atoms with E-state index >= 15 is 0 Å². The van der Waals surface area contributed by atoms with Crippen molar-refractivity contribution in [2.24, 2.45) is 0 Å². The van der Waals surface area contributed by atoms with Crippen LogP contribution in [0.15, 0.2) is 48.5 Å². The molecule has 0 aromatic heterocycles. The van der Waals surface area contributed by atoms with Crippen molar-refractivity contribution in [3.8, 4) is 11.1 Å². The maximum Gasteiger partial charge on any atom is 0.307 e. The van der Waals surface area contributed by atoms with Gasteiger partial charge in [0.25, 0.3) is 5.91 Å². The summed E-state index contributed by atoms with van der Waals surface area (Å²) in [7, 11) is 1.53. The van der Waals surface area contributed by atoms with Crippen LogP contribution in [0.2, 0.25) is 0 Å². The van der Waals surface area contributed by atoms with Crippen LogP contribution in [-0.2, 0) is 11.2 Å². The smallest absolute Gasteiger partial charge is 0.307 e. The number of amides is 1. The van der Waals surface area contributed by atoms with Crippen LogP contribution >= 0.6 is 0 Å². The number of carbonyl (C=O) groups is 2. The Balaban J connectivity index is 2.48. The quantitative estimate of drug-likeness (QED) is 0.895. The van der Waals surface area contributed by atoms with Gasteiger partial charge < -0.3 is 10.4 Å². The van der Waals surface area contributed by atoms with E-state index in [-0.39, 0.29) is 12.3 Å². The first-order valence-corrected chi connectivity index (χ1v) is 6.24. The molecule has 2 aromatic carbocycles. The number of carboxylic acids is 1. The molecule has 2 rings (SSSR count). The van der Waals surface area contributed by atoms with Crippen LogP contribution in [0.4, 0.5) is 0 Å². The third-order valence-corrected chi connectivity index (χ3v) is 3.03. The van der Waals surface area contributed by atoms with Crippen molar-refractivity contribution in [2.45, 2.75) is 6.42 Å². The third-order valence-electron chi connectivity index (χ3n) is 3.03. The number of benzene rings is 2. The summed E-state index contributed by atoms with van der Waals surface area (Å²) in [6.45, 7) is 0. The van der Waals surface area contributed by atoms with Gasteiger partial charge in [0.05, 0.1) is 6.42 Å². The highest BCUT2D eigenvalue weighted by atomic mass is 16.4. The van der Waals surface area contributed by atoms with Gasteiger partial charge in [0.15, 0.2) is 0 Å². The Morgan fingerprint density at radius 2 is 1.75 bits per heavy atom. The molecule has 0 bridgehead atoms. The first kappa shape index (κ1) is 13.8. The van der Waals surface area contributed by atoms with Gasteiger partial charge in [0, 0.05) is 12.6 Å². The number of hydrogen-bond donors (Lipinski definition) is 2. The third kappa shape index (κ3) is 3.03. The number of nitrogens with one attached hydrogen (secondary N) is 1. The van der Waals surface area contributed by atoms with Crippen molar-refractivity contribution in [2.75, 3.05) is 7.05 Å². The lowest BCUT2D eigenvalue weighted by atomic mass is 9.97. The fraction of sp³-hybridized carbons (Fsp3) is 0.125. The lowest BCUT2D eigenvalue weighted by Crippen LogP contribution is -2.20. The normalized spacial score (nSPS) is 10.1. The molecular formula is C16H15NO3. The van der Waals surface area contributed by atoms with Gasteiger partial charge in [-0.3, -0.25) is 9.59 Å². The van der Waals surface area contributed by atoms with E-state index in [0.717, 1.165) is 11.1 Å². The molecule has 20 heavy (non-hydrogen) atoms. The van der Waals surface area contributed by atoms with Gasteiger partial charge in [-0.2, -0.15) is 0 Å². The molecule has 0 radical (unpaired) electrons. The van der Waals surface area contributed by atoms with E-state index in [0.29, 0.717) is 11.1 Å². The molecular weight excluding hydrogens is 254 g/mol. The zero-order valence-electron chi connectivity index (χ0n) is 11.1. The second-order valence-electron chi connectivity index (χ2n) is 4.39. The lowest BCUT2D eigenvalue weighted by Gasteiger charge is -2.10. The van der Waals surface area contributed by atoms with Gasteiger partial charge in [-0.15, -0.1) is 0 Å². The summed E-state index contributed by atoms with van der Waals surface area (Å²) in [4.78, 5) is 22.8. The minimum absolute atomic E-state index is 0.169. The lowest BCUT2D eigenvalue weighted by molar-refractivity contribution is -0.136. The molecule has 0 heterocycles. The van der Waals surface area contributed by atoms with E-state index in [9.17, 15) is 9.59 Å². The summed E-state index contributed by atoms with van der Waals surface area (Å²) in [5.74, 6) is -1.23. The van der Waals surface area contributed by atoms with Gasteiger partial charge in [-0.1, -0.05) is 42.5 Å². The second-order valence-corrected chi connectivity index (χ2v) is 4.39. The number of carboxylic acid groups (broad SMARTS) is 1. The molecule has 2 aromatic rings. The van der Waals surface area contributed by atoms with Gasteiger partial charge >= 0.3 is 5.97 Å². The van der Waals surface area contributed by atoms with Crippen LogP contribution in [0.25, 0.3) is 11.1 Å². The van der Waals surface area contributed by atoms with Gasteiger partial charge in [-0.05, 0) is 22.8 Å². The fourth-order valence-corrected chi connectivity index (χ4v) is 2.05.